The van der Waals surface area contributed by atoms with Crippen LogP contribution in [0.25, 0.3) is 0 Å². The van der Waals surface area contributed by atoms with Crippen LogP contribution in [0.3, 0.4) is 0 Å². The molecule has 0 bridgehead atoms. The number of nitrogens with one attached hydrogen (secondary N) is 1. The Morgan fingerprint density at radius 3 is 2.95 bits per heavy atom. The quantitative estimate of drug-likeness (QED) is 0.844. The number of hydrogen-bond acceptors (Lipinski definition) is 3. The zero-order valence-electron chi connectivity index (χ0n) is 11.0. The van der Waals surface area contributed by atoms with Crippen LogP contribution in [-0.4, -0.2) is 19.3 Å². The van der Waals surface area contributed by atoms with Gasteiger partial charge in [0.2, 0.25) is 0 Å². The molecule has 1 fully saturated rings. The van der Waals surface area contributed by atoms with Crippen LogP contribution in [0, 0.1) is 11.8 Å². The SMILES string of the molecule is C1=CC2C(C1)CC2NCc1ccc2c(c1)OCCO2. The minimum absolute atomic E-state index is 0.654. The van der Waals surface area contributed by atoms with E-state index >= 15 is 0 Å². The normalized spacial score (nSPS) is 30.8. The maximum absolute atomic E-state index is 5.62. The van der Waals surface area contributed by atoms with Crippen LogP contribution >= 0.6 is 0 Å². The lowest BCUT2D eigenvalue weighted by molar-refractivity contribution is 0.161. The minimum atomic E-state index is 0.654. The monoisotopic (exact) mass is 257 g/mol. The van der Waals surface area contributed by atoms with Crippen molar-refractivity contribution >= 4 is 0 Å². The number of fused-ring (bicyclic) bond motifs is 2. The highest BCUT2D eigenvalue weighted by atomic mass is 16.6. The van der Waals surface area contributed by atoms with Gasteiger partial charge in [-0.05, 0) is 42.4 Å². The van der Waals surface area contributed by atoms with Crippen molar-refractivity contribution in [3.05, 3.63) is 35.9 Å². The Balaban J connectivity index is 1.39. The van der Waals surface area contributed by atoms with Crippen molar-refractivity contribution in [2.24, 2.45) is 11.8 Å². The highest BCUT2D eigenvalue weighted by molar-refractivity contribution is 5.43. The Labute approximate surface area is 113 Å². The van der Waals surface area contributed by atoms with Crippen molar-refractivity contribution in [2.45, 2.75) is 25.4 Å². The van der Waals surface area contributed by atoms with E-state index in [1.54, 1.807) is 0 Å². The summed E-state index contributed by atoms with van der Waals surface area (Å²) in [5.41, 5.74) is 1.27. The zero-order valence-corrected chi connectivity index (χ0v) is 11.0. The maximum Gasteiger partial charge on any atom is 0.161 e. The Bertz CT molecular complexity index is 511. The summed E-state index contributed by atoms with van der Waals surface area (Å²) in [5, 5.41) is 3.67. The first-order valence-corrected chi connectivity index (χ1v) is 7.19. The minimum Gasteiger partial charge on any atom is -0.486 e. The molecule has 0 radical (unpaired) electrons. The van der Waals surface area contributed by atoms with Crippen molar-refractivity contribution in [1.82, 2.24) is 5.32 Å². The molecule has 3 unspecified atom stereocenters. The molecule has 1 aromatic carbocycles. The molecule has 1 saturated carbocycles. The van der Waals surface area contributed by atoms with E-state index < -0.39 is 0 Å². The van der Waals surface area contributed by atoms with E-state index in [0.717, 1.165) is 29.9 Å². The van der Waals surface area contributed by atoms with Gasteiger partial charge in [-0.25, -0.2) is 0 Å². The lowest BCUT2D eigenvalue weighted by atomic mass is 9.71. The second kappa shape index (κ2) is 4.57. The Hall–Kier alpha value is -1.48. The first-order chi connectivity index (χ1) is 9.40. The third kappa shape index (κ3) is 2.02. The van der Waals surface area contributed by atoms with Crippen molar-refractivity contribution < 1.29 is 9.47 Å². The molecule has 19 heavy (non-hydrogen) atoms. The molecule has 0 aromatic heterocycles. The predicted molar refractivity (Wildman–Crippen MR) is 73.4 cm³/mol. The molecule has 1 N–H and O–H groups in total. The molecule has 0 saturated heterocycles. The topological polar surface area (TPSA) is 30.5 Å². The number of allylic oxidation sites excluding steroid dienone is 1. The van der Waals surface area contributed by atoms with E-state index in [0.29, 0.717) is 19.3 Å². The molecule has 1 heterocycles. The fourth-order valence-corrected chi connectivity index (χ4v) is 3.39. The van der Waals surface area contributed by atoms with E-state index in [-0.39, 0.29) is 0 Å². The molecule has 0 amide bonds. The van der Waals surface area contributed by atoms with E-state index in [4.69, 9.17) is 9.47 Å². The molecule has 3 heteroatoms. The molecule has 2 aliphatic carbocycles. The van der Waals surface area contributed by atoms with Gasteiger partial charge in [-0.1, -0.05) is 18.2 Å². The molecule has 100 valence electrons. The fourth-order valence-electron chi connectivity index (χ4n) is 3.39. The van der Waals surface area contributed by atoms with Crippen molar-refractivity contribution in [1.29, 1.82) is 0 Å². The van der Waals surface area contributed by atoms with Crippen LogP contribution < -0.4 is 14.8 Å². The Morgan fingerprint density at radius 1 is 1.16 bits per heavy atom. The molecule has 3 nitrogen and oxygen atoms in total. The number of hydrogen-bond donors (Lipinski definition) is 1. The molecule has 1 aliphatic heterocycles. The van der Waals surface area contributed by atoms with Gasteiger partial charge in [0.05, 0.1) is 0 Å². The summed E-state index contributed by atoms with van der Waals surface area (Å²) in [6.45, 7) is 2.22. The Morgan fingerprint density at radius 2 is 2.05 bits per heavy atom. The lowest BCUT2D eigenvalue weighted by Crippen LogP contribution is -2.47. The molecule has 1 aromatic rings. The van der Waals surface area contributed by atoms with Crippen LogP contribution in [0.2, 0.25) is 0 Å². The Kier molecular flexibility index (Phi) is 2.73. The van der Waals surface area contributed by atoms with E-state index in [9.17, 15) is 0 Å². The van der Waals surface area contributed by atoms with Crippen molar-refractivity contribution in [2.75, 3.05) is 13.2 Å². The molecule has 4 rings (SSSR count). The molecular weight excluding hydrogens is 238 g/mol. The van der Waals surface area contributed by atoms with Gasteiger partial charge in [0, 0.05) is 12.6 Å². The van der Waals surface area contributed by atoms with Crippen LogP contribution in [0.4, 0.5) is 0 Å². The largest absolute Gasteiger partial charge is 0.486 e. The summed E-state index contributed by atoms with van der Waals surface area (Å²) in [5.74, 6) is 3.45. The lowest BCUT2D eigenvalue weighted by Gasteiger charge is -2.40. The van der Waals surface area contributed by atoms with Gasteiger partial charge in [-0.3, -0.25) is 0 Å². The summed E-state index contributed by atoms with van der Waals surface area (Å²) in [7, 11) is 0. The maximum atomic E-state index is 5.62. The van der Waals surface area contributed by atoms with Gasteiger partial charge in [0.25, 0.3) is 0 Å². The summed E-state index contributed by atoms with van der Waals surface area (Å²) in [6.07, 6.45) is 7.33. The van der Waals surface area contributed by atoms with Gasteiger partial charge in [-0.2, -0.15) is 0 Å². The zero-order chi connectivity index (χ0) is 12.7. The van der Waals surface area contributed by atoms with Crippen LogP contribution in [-0.2, 0) is 6.54 Å². The number of rotatable bonds is 3. The van der Waals surface area contributed by atoms with Gasteiger partial charge in [0.15, 0.2) is 11.5 Å². The van der Waals surface area contributed by atoms with Crippen molar-refractivity contribution in [3.8, 4) is 11.5 Å². The highest BCUT2D eigenvalue weighted by Gasteiger charge is 2.40. The average molecular weight is 257 g/mol. The highest BCUT2D eigenvalue weighted by Crippen LogP contribution is 2.42. The number of benzene rings is 1. The van der Waals surface area contributed by atoms with Crippen LogP contribution in [0.15, 0.2) is 30.4 Å². The smallest absolute Gasteiger partial charge is 0.161 e. The van der Waals surface area contributed by atoms with Crippen molar-refractivity contribution in [3.63, 3.8) is 0 Å². The van der Waals surface area contributed by atoms with E-state index in [1.807, 2.05) is 6.07 Å². The van der Waals surface area contributed by atoms with Gasteiger partial charge in [0.1, 0.15) is 13.2 Å². The molecule has 0 spiro atoms. The van der Waals surface area contributed by atoms with Gasteiger partial charge in [-0.15, -0.1) is 0 Å². The summed E-state index contributed by atoms with van der Waals surface area (Å²) < 4.78 is 11.2. The van der Waals surface area contributed by atoms with Crippen LogP contribution in [0.5, 0.6) is 11.5 Å². The van der Waals surface area contributed by atoms with Gasteiger partial charge < -0.3 is 14.8 Å². The first-order valence-electron chi connectivity index (χ1n) is 7.19. The summed E-state index contributed by atoms with van der Waals surface area (Å²) in [4.78, 5) is 0. The second-order valence-electron chi connectivity index (χ2n) is 5.70. The average Bonchev–Trinajstić information content (AvgIpc) is 2.80. The molecular formula is C16H19NO2. The third-order valence-corrected chi connectivity index (χ3v) is 4.54. The number of ether oxygens (including phenoxy) is 2. The van der Waals surface area contributed by atoms with Gasteiger partial charge >= 0.3 is 0 Å². The van der Waals surface area contributed by atoms with Crippen LogP contribution in [0.1, 0.15) is 18.4 Å². The molecule has 3 aliphatic rings. The predicted octanol–water partition coefficient (Wildman–Crippen LogP) is 2.51. The third-order valence-electron chi connectivity index (χ3n) is 4.54. The molecule has 3 atom stereocenters. The van der Waals surface area contributed by atoms with E-state index in [1.165, 1.54) is 18.4 Å². The van der Waals surface area contributed by atoms with E-state index in [2.05, 4.69) is 29.6 Å². The standard InChI is InChI=1S/C16H19NO2/c1-2-12-9-14(13(12)3-1)17-10-11-4-5-15-16(8-11)19-7-6-18-15/h1,3-5,8,12-14,17H,2,6-7,9-10H2. The fraction of sp³-hybridized carbons (Fsp3) is 0.500. The summed E-state index contributed by atoms with van der Waals surface area (Å²) >= 11 is 0. The first kappa shape index (κ1) is 11.4. The summed E-state index contributed by atoms with van der Waals surface area (Å²) in [6, 6.07) is 6.91. The second-order valence-corrected chi connectivity index (χ2v) is 5.70.